The van der Waals surface area contributed by atoms with Crippen molar-refractivity contribution >= 4 is 41.1 Å². The van der Waals surface area contributed by atoms with Crippen molar-refractivity contribution in [1.29, 1.82) is 0 Å². The number of carbonyl (C=O) groups is 5. The zero-order chi connectivity index (χ0) is 40.7. The van der Waals surface area contributed by atoms with Gasteiger partial charge in [0.1, 0.15) is 11.5 Å². The van der Waals surface area contributed by atoms with E-state index in [0.29, 0.717) is 23.3 Å². The highest BCUT2D eigenvalue weighted by molar-refractivity contribution is 6.08. The van der Waals surface area contributed by atoms with E-state index in [2.05, 4.69) is 10.6 Å². The second kappa shape index (κ2) is 19.7. The summed E-state index contributed by atoms with van der Waals surface area (Å²) in [6, 6.07) is 41.7. The van der Waals surface area contributed by atoms with Crippen LogP contribution >= 0.6 is 0 Å². The minimum atomic E-state index is -1.12. The van der Waals surface area contributed by atoms with E-state index in [9.17, 15) is 39.3 Å². The lowest BCUT2D eigenvalue weighted by molar-refractivity contribution is -0.131. The van der Waals surface area contributed by atoms with Crippen molar-refractivity contribution in [3.05, 3.63) is 190 Å². The van der Waals surface area contributed by atoms with Gasteiger partial charge in [-0.3, -0.25) is 14.4 Å². The van der Waals surface area contributed by atoms with E-state index < -0.39 is 29.7 Å². The molecule has 0 unspecified atom stereocenters. The van der Waals surface area contributed by atoms with E-state index in [0.717, 1.165) is 30.4 Å². The molecule has 0 heterocycles. The van der Waals surface area contributed by atoms with Gasteiger partial charge in [-0.05, 0) is 121 Å². The minimum absolute atomic E-state index is 0.0170. The number of amides is 2. The number of rotatable bonds is 13. The number of hydrogen-bond donors (Lipinski definition) is 5. The molecule has 0 aliphatic heterocycles. The Balaban J connectivity index is 0.000000219. The number of carbonyl (C=O) groups excluding carboxylic acids is 3. The number of aryl methyl sites for hydroxylation is 4. The molecule has 6 aromatic carbocycles. The molecule has 0 spiro atoms. The van der Waals surface area contributed by atoms with E-state index in [-0.39, 0.29) is 28.3 Å². The van der Waals surface area contributed by atoms with Crippen molar-refractivity contribution in [2.24, 2.45) is 0 Å². The van der Waals surface area contributed by atoms with E-state index in [1.807, 2.05) is 60.7 Å². The van der Waals surface area contributed by atoms with Crippen LogP contribution in [-0.4, -0.2) is 45.0 Å². The number of ether oxygens (including phenoxy) is 1. The molecule has 57 heavy (non-hydrogen) atoms. The number of phenols is 1. The Morgan fingerprint density at radius 3 is 1.26 bits per heavy atom. The van der Waals surface area contributed by atoms with Gasteiger partial charge in [0.05, 0.1) is 22.5 Å². The Bertz CT molecular complexity index is 2340. The van der Waals surface area contributed by atoms with Gasteiger partial charge < -0.3 is 30.7 Å². The zero-order valence-corrected chi connectivity index (χ0v) is 31.0. The van der Waals surface area contributed by atoms with Crippen molar-refractivity contribution < 1.29 is 44.0 Å². The molecular weight excluding hydrogens is 725 g/mol. The maximum atomic E-state index is 12.6. The summed E-state index contributed by atoms with van der Waals surface area (Å²) in [5.41, 5.74) is 5.42. The number of aromatic carboxylic acids is 2. The smallest absolute Gasteiger partial charge is 0.337 e. The highest BCUT2D eigenvalue weighted by Gasteiger charge is 2.16. The third-order valence-corrected chi connectivity index (χ3v) is 8.72. The Morgan fingerprint density at radius 2 is 0.877 bits per heavy atom. The number of carboxylic acid groups (broad SMARTS) is 2. The standard InChI is InChI=1S/C24H21NO5.C22H19NO4/c1-16(26)30-20-12-10-19(11-13-20)23(27)25-22-15-18(9-14-21(22)24(28)29)8-7-17-5-3-2-4-6-17;24-18-11-9-17(10-12-18)21(25)23-20-14-16(8-13-19(20)22(26)27)7-6-15-4-2-1-3-5-15/h2-6,9-15H,7-8H2,1H3,(H,25,27)(H,28,29);1-5,8-14,24H,6-7H2,(H,23,25)(H,26,27). The van der Waals surface area contributed by atoms with E-state index in [1.54, 1.807) is 24.3 Å². The maximum absolute atomic E-state index is 12.6. The van der Waals surface area contributed by atoms with Crippen LogP contribution in [0.25, 0.3) is 0 Å². The molecule has 11 heteroatoms. The van der Waals surface area contributed by atoms with Gasteiger partial charge in [0, 0.05) is 18.1 Å². The second-order valence-electron chi connectivity index (χ2n) is 12.9. The Morgan fingerprint density at radius 1 is 0.491 bits per heavy atom. The monoisotopic (exact) mass is 764 g/mol. The van der Waals surface area contributed by atoms with E-state index in [1.165, 1.54) is 78.7 Å². The zero-order valence-electron chi connectivity index (χ0n) is 31.0. The predicted molar refractivity (Wildman–Crippen MR) is 216 cm³/mol. The molecule has 6 rings (SSSR count). The molecule has 0 saturated carbocycles. The van der Waals surface area contributed by atoms with Gasteiger partial charge in [0.15, 0.2) is 0 Å². The summed E-state index contributed by atoms with van der Waals surface area (Å²) in [4.78, 5) is 59.1. The molecule has 0 aromatic heterocycles. The maximum Gasteiger partial charge on any atom is 0.337 e. The normalized spacial score (nSPS) is 10.3. The van der Waals surface area contributed by atoms with Gasteiger partial charge in [-0.25, -0.2) is 9.59 Å². The lowest BCUT2D eigenvalue weighted by Crippen LogP contribution is -2.15. The van der Waals surface area contributed by atoms with Crippen LogP contribution in [0, 0.1) is 0 Å². The lowest BCUT2D eigenvalue weighted by atomic mass is 10.0. The number of aromatic hydroxyl groups is 1. The summed E-state index contributed by atoms with van der Waals surface area (Å²) in [6.07, 6.45) is 3.06. The first kappa shape index (κ1) is 40.7. The number of carboxylic acids is 2. The molecule has 6 aromatic rings. The molecule has 0 fully saturated rings. The van der Waals surface area contributed by atoms with Crippen molar-refractivity contribution in [2.75, 3.05) is 10.6 Å². The van der Waals surface area contributed by atoms with Crippen molar-refractivity contribution in [1.82, 2.24) is 0 Å². The second-order valence-corrected chi connectivity index (χ2v) is 12.9. The molecule has 2 amide bonds. The lowest BCUT2D eigenvalue weighted by Gasteiger charge is -2.11. The van der Waals surface area contributed by atoms with Crippen LogP contribution < -0.4 is 15.4 Å². The summed E-state index contributed by atoms with van der Waals surface area (Å²) >= 11 is 0. The number of hydrogen-bond acceptors (Lipinski definition) is 7. The summed E-state index contributed by atoms with van der Waals surface area (Å²) < 4.78 is 4.95. The Kier molecular flexibility index (Phi) is 14.0. The van der Waals surface area contributed by atoms with Crippen LogP contribution in [0.2, 0.25) is 0 Å². The molecule has 0 aliphatic rings. The fourth-order valence-corrected chi connectivity index (χ4v) is 5.78. The predicted octanol–water partition coefficient (Wildman–Crippen LogP) is 8.48. The van der Waals surface area contributed by atoms with Gasteiger partial charge in [-0.15, -0.1) is 0 Å². The van der Waals surface area contributed by atoms with Crippen molar-refractivity contribution in [3.8, 4) is 11.5 Å². The molecular formula is C46H40N2O9. The molecule has 288 valence electrons. The van der Waals surface area contributed by atoms with Crippen molar-refractivity contribution in [2.45, 2.75) is 32.6 Å². The first-order chi connectivity index (χ1) is 27.4. The molecule has 0 saturated heterocycles. The third-order valence-electron chi connectivity index (χ3n) is 8.72. The van der Waals surface area contributed by atoms with Crippen LogP contribution in [0.5, 0.6) is 11.5 Å². The number of anilines is 2. The van der Waals surface area contributed by atoms with Crippen LogP contribution in [0.15, 0.2) is 146 Å². The molecule has 5 N–H and O–H groups in total. The van der Waals surface area contributed by atoms with Crippen molar-refractivity contribution in [3.63, 3.8) is 0 Å². The Labute approximate surface area is 329 Å². The largest absolute Gasteiger partial charge is 0.508 e. The number of phenolic OH excluding ortho intramolecular Hbond substituents is 1. The Hall–Kier alpha value is -7.53. The minimum Gasteiger partial charge on any atom is -0.508 e. The number of esters is 1. The van der Waals surface area contributed by atoms with Crippen LogP contribution in [0.4, 0.5) is 11.4 Å². The average Bonchev–Trinajstić information content (AvgIpc) is 3.20. The summed E-state index contributed by atoms with van der Waals surface area (Å²) in [5.74, 6) is -3.18. The molecule has 0 atom stereocenters. The van der Waals surface area contributed by atoms with Crippen LogP contribution in [0.1, 0.15) is 70.6 Å². The summed E-state index contributed by atoms with van der Waals surface area (Å²) in [5, 5.41) is 33.5. The third kappa shape index (κ3) is 12.2. The topological polar surface area (TPSA) is 179 Å². The highest BCUT2D eigenvalue weighted by Crippen LogP contribution is 2.23. The van der Waals surface area contributed by atoms with E-state index in [4.69, 9.17) is 4.74 Å². The number of nitrogens with one attached hydrogen (secondary N) is 2. The van der Waals surface area contributed by atoms with Gasteiger partial charge in [0.2, 0.25) is 0 Å². The molecule has 11 nitrogen and oxygen atoms in total. The molecule has 0 radical (unpaired) electrons. The number of benzene rings is 6. The SMILES string of the molecule is CC(=O)Oc1ccc(C(=O)Nc2cc(CCc3ccccc3)ccc2C(=O)O)cc1.O=C(Nc1cc(CCc2ccccc2)ccc1C(=O)O)c1ccc(O)cc1. The van der Waals surface area contributed by atoms with E-state index >= 15 is 0 Å². The average molecular weight is 765 g/mol. The fraction of sp³-hybridized carbons (Fsp3) is 0.109. The van der Waals surface area contributed by atoms with Gasteiger partial charge >= 0.3 is 17.9 Å². The van der Waals surface area contributed by atoms with Crippen LogP contribution in [-0.2, 0) is 30.5 Å². The summed E-state index contributed by atoms with van der Waals surface area (Å²) in [6.45, 7) is 1.29. The van der Waals surface area contributed by atoms with Gasteiger partial charge in [0.25, 0.3) is 11.8 Å². The first-order valence-electron chi connectivity index (χ1n) is 18.0. The van der Waals surface area contributed by atoms with Crippen LogP contribution in [0.3, 0.4) is 0 Å². The summed E-state index contributed by atoms with van der Waals surface area (Å²) in [7, 11) is 0. The quantitative estimate of drug-likeness (QED) is 0.0570. The molecule has 0 bridgehead atoms. The van der Waals surface area contributed by atoms with Gasteiger partial charge in [-0.2, -0.15) is 0 Å². The molecule has 0 aliphatic carbocycles. The first-order valence-corrected chi connectivity index (χ1v) is 18.0. The highest BCUT2D eigenvalue weighted by atomic mass is 16.5. The van der Waals surface area contributed by atoms with Gasteiger partial charge in [-0.1, -0.05) is 72.8 Å². The fourth-order valence-electron chi connectivity index (χ4n) is 5.78.